The van der Waals surface area contributed by atoms with Gasteiger partial charge in [0.1, 0.15) is 10.6 Å². The first-order valence-electron chi connectivity index (χ1n) is 5.02. The molecule has 0 unspecified atom stereocenters. The maximum Gasteiger partial charge on any atom is 0.241 e. The Kier molecular flexibility index (Phi) is 2.77. The Morgan fingerprint density at radius 3 is 2.62 bits per heavy atom. The van der Waals surface area contributed by atoms with E-state index in [1.54, 1.807) is 19.2 Å². The van der Waals surface area contributed by atoms with Crippen LogP contribution >= 0.6 is 0 Å². The van der Waals surface area contributed by atoms with Crippen LogP contribution in [0.5, 0.6) is 5.75 Å². The van der Waals surface area contributed by atoms with Crippen LogP contribution in [0.25, 0.3) is 0 Å². The lowest BCUT2D eigenvalue weighted by atomic mass is 10.3. The fourth-order valence-electron chi connectivity index (χ4n) is 1.36. The molecule has 0 saturated heterocycles. The van der Waals surface area contributed by atoms with Crippen LogP contribution in [0.1, 0.15) is 12.8 Å². The van der Waals surface area contributed by atoms with E-state index in [1.807, 2.05) is 0 Å². The highest BCUT2D eigenvalue weighted by Crippen LogP contribution is 2.32. The average Bonchev–Trinajstić information content (AvgIpc) is 3.00. The zero-order valence-electron chi connectivity index (χ0n) is 8.93. The zero-order chi connectivity index (χ0) is 11.8. The van der Waals surface area contributed by atoms with E-state index in [1.165, 1.54) is 6.07 Å². The topological polar surface area (TPSA) is 81.4 Å². The first-order chi connectivity index (χ1) is 7.50. The Bertz CT molecular complexity index is 495. The molecule has 6 heteroatoms. The molecule has 0 radical (unpaired) electrons. The van der Waals surface area contributed by atoms with Gasteiger partial charge in [0.15, 0.2) is 0 Å². The number of sulfonamides is 1. The monoisotopic (exact) mass is 242 g/mol. The molecule has 0 aliphatic heterocycles. The Morgan fingerprint density at radius 2 is 2.12 bits per heavy atom. The van der Waals surface area contributed by atoms with E-state index >= 15 is 0 Å². The second-order valence-corrected chi connectivity index (χ2v) is 5.30. The van der Waals surface area contributed by atoms with Crippen molar-refractivity contribution in [2.45, 2.75) is 23.8 Å². The molecule has 1 aromatic rings. The first-order valence-corrected chi connectivity index (χ1v) is 6.56. The quantitative estimate of drug-likeness (QED) is 0.822. The van der Waals surface area contributed by atoms with Crippen molar-refractivity contribution in [1.82, 2.24) is 0 Å². The average molecular weight is 242 g/mol. The third kappa shape index (κ3) is 2.45. The SMILES string of the molecule is CNc1ccc(S(N)(=O)=O)c(OC2CC2)c1. The highest BCUT2D eigenvalue weighted by Gasteiger charge is 2.26. The van der Waals surface area contributed by atoms with Gasteiger partial charge in [-0.3, -0.25) is 0 Å². The summed E-state index contributed by atoms with van der Waals surface area (Å²) in [5, 5.41) is 8.04. The Balaban J connectivity index is 2.41. The van der Waals surface area contributed by atoms with Crippen molar-refractivity contribution in [3.63, 3.8) is 0 Å². The second-order valence-electron chi connectivity index (χ2n) is 3.77. The maximum absolute atomic E-state index is 11.3. The fourth-order valence-corrected chi connectivity index (χ4v) is 2.00. The minimum absolute atomic E-state index is 0.0402. The second kappa shape index (κ2) is 3.95. The molecule has 5 nitrogen and oxygen atoms in total. The van der Waals surface area contributed by atoms with Gasteiger partial charge in [-0.05, 0) is 25.0 Å². The van der Waals surface area contributed by atoms with Crippen molar-refractivity contribution in [1.29, 1.82) is 0 Å². The van der Waals surface area contributed by atoms with Gasteiger partial charge in [-0.15, -0.1) is 0 Å². The first kappa shape index (κ1) is 11.2. The van der Waals surface area contributed by atoms with E-state index < -0.39 is 10.0 Å². The van der Waals surface area contributed by atoms with Gasteiger partial charge in [0.05, 0.1) is 6.10 Å². The van der Waals surface area contributed by atoms with E-state index in [2.05, 4.69) is 5.32 Å². The van der Waals surface area contributed by atoms with Crippen molar-refractivity contribution < 1.29 is 13.2 Å². The van der Waals surface area contributed by atoms with Crippen LogP contribution in [0.15, 0.2) is 23.1 Å². The van der Waals surface area contributed by atoms with Crippen molar-refractivity contribution >= 4 is 15.7 Å². The Labute approximate surface area is 94.6 Å². The molecule has 0 bridgehead atoms. The highest BCUT2D eigenvalue weighted by atomic mass is 32.2. The molecular formula is C10H14N2O3S. The van der Waals surface area contributed by atoms with Crippen molar-refractivity contribution in [3.05, 3.63) is 18.2 Å². The molecule has 1 aromatic carbocycles. The highest BCUT2D eigenvalue weighted by molar-refractivity contribution is 7.89. The zero-order valence-corrected chi connectivity index (χ0v) is 9.75. The number of anilines is 1. The summed E-state index contributed by atoms with van der Waals surface area (Å²) >= 11 is 0. The van der Waals surface area contributed by atoms with Gasteiger partial charge in [0.2, 0.25) is 10.0 Å². The number of rotatable bonds is 4. The summed E-state index contributed by atoms with van der Waals surface area (Å²) in [7, 11) is -1.97. The molecule has 16 heavy (non-hydrogen) atoms. The standard InChI is InChI=1S/C10H14N2O3S/c1-12-7-2-5-10(16(11,13)14)9(6-7)15-8-3-4-8/h2,5-6,8,12H,3-4H2,1H3,(H2,11,13,14). The number of nitrogens with two attached hydrogens (primary N) is 1. The summed E-state index contributed by atoms with van der Waals surface area (Å²) < 4.78 is 28.2. The van der Waals surface area contributed by atoms with E-state index in [0.717, 1.165) is 18.5 Å². The van der Waals surface area contributed by atoms with E-state index in [4.69, 9.17) is 9.88 Å². The lowest BCUT2D eigenvalue weighted by molar-refractivity contribution is 0.295. The summed E-state index contributed by atoms with van der Waals surface area (Å²) in [4.78, 5) is 0.0402. The summed E-state index contributed by atoms with van der Waals surface area (Å²) in [5.74, 6) is 0.330. The van der Waals surface area contributed by atoms with Crippen LogP contribution in [-0.4, -0.2) is 21.6 Å². The molecule has 88 valence electrons. The number of benzene rings is 1. The van der Waals surface area contributed by atoms with Crippen molar-refractivity contribution in [2.75, 3.05) is 12.4 Å². The molecule has 1 aliphatic rings. The van der Waals surface area contributed by atoms with Gasteiger partial charge >= 0.3 is 0 Å². The van der Waals surface area contributed by atoms with Crippen LogP contribution in [-0.2, 0) is 10.0 Å². The molecule has 0 aromatic heterocycles. The van der Waals surface area contributed by atoms with Gasteiger partial charge < -0.3 is 10.1 Å². The molecule has 0 heterocycles. The number of primary sulfonamides is 1. The van der Waals surface area contributed by atoms with Crippen LogP contribution in [0.4, 0.5) is 5.69 Å². The van der Waals surface area contributed by atoms with Crippen LogP contribution in [0.2, 0.25) is 0 Å². The largest absolute Gasteiger partial charge is 0.489 e. The van der Waals surface area contributed by atoms with Gasteiger partial charge in [-0.2, -0.15) is 0 Å². The van der Waals surface area contributed by atoms with E-state index in [9.17, 15) is 8.42 Å². The molecule has 1 saturated carbocycles. The van der Waals surface area contributed by atoms with Crippen molar-refractivity contribution in [2.24, 2.45) is 5.14 Å². The van der Waals surface area contributed by atoms with Crippen LogP contribution < -0.4 is 15.2 Å². The minimum Gasteiger partial charge on any atom is -0.489 e. The third-order valence-electron chi connectivity index (χ3n) is 2.36. The molecular weight excluding hydrogens is 228 g/mol. The van der Waals surface area contributed by atoms with E-state index in [0.29, 0.717) is 5.75 Å². The molecule has 3 N–H and O–H groups in total. The van der Waals surface area contributed by atoms with Gasteiger partial charge in [0, 0.05) is 18.8 Å². The summed E-state index contributed by atoms with van der Waals surface area (Å²) in [5.41, 5.74) is 0.794. The van der Waals surface area contributed by atoms with Gasteiger partial charge in [-0.1, -0.05) is 0 Å². The molecule has 0 amide bonds. The van der Waals surface area contributed by atoms with Crippen molar-refractivity contribution in [3.8, 4) is 5.75 Å². The predicted octanol–water partition coefficient (Wildman–Crippen LogP) is 0.917. The lowest BCUT2D eigenvalue weighted by Crippen LogP contribution is -2.14. The minimum atomic E-state index is -3.73. The number of hydrogen-bond donors (Lipinski definition) is 2. The van der Waals surface area contributed by atoms with Crippen LogP contribution in [0, 0.1) is 0 Å². The van der Waals surface area contributed by atoms with Gasteiger partial charge in [0.25, 0.3) is 0 Å². The lowest BCUT2D eigenvalue weighted by Gasteiger charge is -2.11. The summed E-state index contributed by atoms with van der Waals surface area (Å²) in [6.45, 7) is 0. The molecule has 0 atom stereocenters. The maximum atomic E-state index is 11.3. The number of nitrogens with one attached hydrogen (secondary N) is 1. The molecule has 1 fully saturated rings. The predicted molar refractivity (Wildman–Crippen MR) is 61.0 cm³/mol. The van der Waals surface area contributed by atoms with Crippen LogP contribution in [0.3, 0.4) is 0 Å². The normalized spacial score (nSPS) is 15.9. The fraction of sp³-hybridized carbons (Fsp3) is 0.400. The molecule has 0 spiro atoms. The summed E-state index contributed by atoms with van der Waals surface area (Å²) in [6.07, 6.45) is 2.06. The molecule has 1 aliphatic carbocycles. The van der Waals surface area contributed by atoms with Gasteiger partial charge in [-0.25, -0.2) is 13.6 Å². The molecule has 2 rings (SSSR count). The summed E-state index contributed by atoms with van der Waals surface area (Å²) in [6, 6.07) is 4.76. The Morgan fingerprint density at radius 1 is 1.44 bits per heavy atom. The smallest absolute Gasteiger partial charge is 0.241 e. The third-order valence-corrected chi connectivity index (χ3v) is 3.31. The van der Waals surface area contributed by atoms with E-state index in [-0.39, 0.29) is 11.0 Å². The number of ether oxygens (including phenoxy) is 1. The Hall–Kier alpha value is -1.27. The number of hydrogen-bond acceptors (Lipinski definition) is 4.